The van der Waals surface area contributed by atoms with Gasteiger partial charge in [0.25, 0.3) is 0 Å². The number of ether oxygens (including phenoxy) is 1. The number of thioether (sulfide) groups is 1. The summed E-state index contributed by atoms with van der Waals surface area (Å²) in [5.41, 5.74) is 6.68. The van der Waals surface area contributed by atoms with E-state index in [0.29, 0.717) is 11.8 Å². The zero-order valence-corrected chi connectivity index (χ0v) is 15.6. The van der Waals surface area contributed by atoms with Gasteiger partial charge in [-0.1, -0.05) is 26.0 Å². The molecule has 0 aliphatic carbocycles. The fourth-order valence-electron chi connectivity index (χ4n) is 2.57. The molecule has 1 unspecified atom stereocenters. The summed E-state index contributed by atoms with van der Waals surface area (Å²) in [5.74, 6) is -0.0379. The topological polar surface area (TPSA) is 64.4 Å². The molecule has 0 spiro atoms. The maximum atomic E-state index is 12.2. The smallest absolute Gasteiger partial charge is 0.249 e. The predicted molar refractivity (Wildman–Crippen MR) is 98.2 cm³/mol. The van der Waals surface area contributed by atoms with Crippen LogP contribution in [0.4, 0.5) is 0 Å². The van der Waals surface area contributed by atoms with Crippen LogP contribution < -0.4 is 11.1 Å². The lowest BCUT2D eigenvalue weighted by Gasteiger charge is -2.18. The zero-order valence-electron chi connectivity index (χ0n) is 14.0. The van der Waals surface area contributed by atoms with Gasteiger partial charge in [0.1, 0.15) is 6.10 Å². The van der Waals surface area contributed by atoms with E-state index in [1.807, 2.05) is 18.7 Å². The van der Waals surface area contributed by atoms with Crippen LogP contribution in [-0.4, -0.2) is 29.9 Å². The molecule has 6 heteroatoms. The van der Waals surface area contributed by atoms with Crippen LogP contribution in [0.3, 0.4) is 0 Å². The molecular weight excluding hydrogens is 332 g/mol. The summed E-state index contributed by atoms with van der Waals surface area (Å²) < 4.78 is 5.63. The van der Waals surface area contributed by atoms with Crippen LogP contribution in [0.1, 0.15) is 45.2 Å². The Bertz CT molecular complexity index is 496. The summed E-state index contributed by atoms with van der Waals surface area (Å²) in [6, 6.07) is 8.35. The van der Waals surface area contributed by atoms with Crippen molar-refractivity contribution in [3.63, 3.8) is 0 Å². The summed E-state index contributed by atoms with van der Waals surface area (Å²) in [4.78, 5) is 13.5. The van der Waals surface area contributed by atoms with Gasteiger partial charge in [-0.25, -0.2) is 0 Å². The van der Waals surface area contributed by atoms with Gasteiger partial charge in [0.05, 0.1) is 12.1 Å². The van der Waals surface area contributed by atoms with Gasteiger partial charge in [-0.3, -0.25) is 4.79 Å². The van der Waals surface area contributed by atoms with E-state index >= 15 is 0 Å². The fraction of sp³-hybridized carbons (Fsp3) is 0.588. The number of nitrogens with two attached hydrogens (primary N) is 1. The number of amides is 1. The van der Waals surface area contributed by atoms with Crippen molar-refractivity contribution < 1.29 is 9.53 Å². The van der Waals surface area contributed by atoms with E-state index in [1.54, 1.807) is 0 Å². The number of carbonyl (C=O) groups excluding carboxylic acids is 1. The molecule has 0 radical (unpaired) electrons. The molecule has 1 aliphatic heterocycles. The molecule has 1 fully saturated rings. The monoisotopic (exact) mass is 358 g/mol. The van der Waals surface area contributed by atoms with Crippen LogP contribution in [0.2, 0.25) is 0 Å². The first-order valence-corrected chi connectivity index (χ1v) is 8.80. The standard InChI is InChI=1S/C17H26N2O2S.ClH/c1-11(2)22-15-7-4-13(5-8-15)12(3)19-17(20)16-9-6-14(10-18)21-16;/h4-5,7-8,11-12,14,16H,6,9-10,18H2,1-3H3,(H,19,20);1H/t12?,14-,16+;/m1./s1. The van der Waals surface area contributed by atoms with Crippen molar-refractivity contribution in [3.05, 3.63) is 29.8 Å². The highest BCUT2D eigenvalue weighted by Crippen LogP contribution is 2.25. The first-order valence-electron chi connectivity index (χ1n) is 7.92. The molecule has 2 rings (SSSR count). The number of nitrogens with one attached hydrogen (secondary N) is 1. The van der Waals surface area contributed by atoms with Crippen LogP contribution in [0.25, 0.3) is 0 Å². The van der Waals surface area contributed by atoms with Crippen molar-refractivity contribution in [1.29, 1.82) is 0 Å². The Morgan fingerprint density at radius 1 is 1.30 bits per heavy atom. The van der Waals surface area contributed by atoms with Crippen LogP contribution in [0, 0.1) is 0 Å². The second-order valence-electron chi connectivity index (χ2n) is 6.03. The van der Waals surface area contributed by atoms with Gasteiger partial charge in [-0.05, 0) is 37.5 Å². The highest BCUT2D eigenvalue weighted by Gasteiger charge is 2.30. The average molecular weight is 359 g/mol. The first kappa shape index (κ1) is 20.3. The largest absolute Gasteiger partial charge is 0.364 e. The Hall–Kier alpha value is -0.750. The van der Waals surface area contributed by atoms with E-state index in [1.165, 1.54) is 4.90 Å². The van der Waals surface area contributed by atoms with Gasteiger partial charge in [-0.15, -0.1) is 24.2 Å². The van der Waals surface area contributed by atoms with Crippen LogP contribution in [0.5, 0.6) is 0 Å². The maximum absolute atomic E-state index is 12.2. The van der Waals surface area contributed by atoms with Crippen molar-refractivity contribution in [2.75, 3.05) is 6.54 Å². The summed E-state index contributed by atoms with van der Waals surface area (Å²) in [6.45, 7) is 6.83. The second-order valence-corrected chi connectivity index (χ2v) is 7.68. The van der Waals surface area contributed by atoms with Crippen molar-refractivity contribution in [2.24, 2.45) is 5.73 Å². The summed E-state index contributed by atoms with van der Waals surface area (Å²) in [6.07, 6.45) is 1.29. The lowest BCUT2D eigenvalue weighted by molar-refractivity contribution is -0.132. The van der Waals surface area contributed by atoms with E-state index in [9.17, 15) is 4.79 Å². The Kier molecular flexibility index (Phi) is 8.40. The van der Waals surface area contributed by atoms with Crippen LogP contribution >= 0.6 is 24.2 Å². The molecule has 4 nitrogen and oxygen atoms in total. The summed E-state index contributed by atoms with van der Waals surface area (Å²) >= 11 is 1.84. The highest BCUT2D eigenvalue weighted by molar-refractivity contribution is 7.99. The minimum atomic E-state index is -0.355. The highest BCUT2D eigenvalue weighted by atomic mass is 35.5. The molecule has 3 N–H and O–H groups in total. The number of benzene rings is 1. The fourth-order valence-corrected chi connectivity index (χ4v) is 3.41. The molecule has 3 atom stereocenters. The molecule has 130 valence electrons. The molecule has 1 aliphatic rings. The molecule has 1 aromatic carbocycles. The number of rotatable bonds is 6. The van der Waals surface area contributed by atoms with Gasteiger partial charge in [0.2, 0.25) is 5.91 Å². The lowest BCUT2D eigenvalue weighted by Crippen LogP contribution is -2.36. The summed E-state index contributed by atoms with van der Waals surface area (Å²) in [5, 5.41) is 3.60. The van der Waals surface area contributed by atoms with Gasteiger partial charge in [-0.2, -0.15) is 0 Å². The minimum Gasteiger partial charge on any atom is -0.364 e. The molecule has 1 aromatic rings. The third kappa shape index (κ3) is 5.99. The van der Waals surface area contributed by atoms with Crippen LogP contribution in [0.15, 0.2) is 29.2 Å². The zero-order chi connectivity index (χ0) is 16.1. The predicted octanol–water partition coefficient (Wildman–Crippen LogP) is 3.29. The van der Waals surface area contributed by atoms with Crippen molar-refractivity contribution >= 4 is 30.1 Å². The van der Waals surface area contributed by atoms with Crippen molar-refractivity contribution in [1.82, 2.24) is 5.32 Å². The number of halogens is 1. The van der Waals surface area contributed by atoms with E-state index in [0.717, 1.165) is 18.4 Å². The molecule has 1 heterocycles. The van der Waals surface area contributed by atoms with Crippen LogP contribution in [-0.2, 0) is 9.53 Å². The maximum Gasteiger partial charge on any atom is 0.249 e. The van der Waals surface area contributed by atoms with Crippen molar-refractivity contribution in [3.8, 4) is 0 Å². The Labute approximate surface area is 149 Å². The SMILES string of the molecule is CC(C)Sc1ccc(C(C)NC(=O)[C@@H]2CC[C@H](CN)O2)cc1.Cl. The molecule has 1 amide bonds. The number of carbonyl (C=O) groups is 1. The van der Waals surface area contributed by atoms with Gasteiger partial charge in [0, 0.05) is 16.7 Å². The molecule has 1 saturated heterocycles. The Morgan fingerprint density at radius 2 is 1.96 bits per heavy atom. The van der Waals surface area contributed by atoms with E-state index in [4.69, 9.17) is 10.5 Å². The third-order valence-electron chi connectivity index (χ3n) is 3.77. The lowest BCUT2D eigenvalue weighted by atomic mass is 10.1. The summed E-state index contributed by atoms with van der Waals surface area (Å²) in [7, 11) is 0. The molecule has 0 saturated carbocycles. The second kappa shape index (κ2) is 9.52. The molecule has 23 heavy (non-hydrogen) atoms. The first-order chi connectivity index (χ1) is 10.5. The quantitative estimate of drug-likeness (QED) is 0.766. The molecule has 0 bridgehead atoms. The Balaban J connectivity index is 0.00000264. The molecule has 0 aromatic heterocycles. The minimum absolute atomic E-state index is 0. The van der Waals surface area contributed by atoms with Gasteiger partial charge < -0.3 is 15.8 Å². The third-order valence-corrected chi connectivity index (χ3v) is 4.79. The Morgan fingerprint density at radius 3 is 2.48 bits per heavy atom. The average Bonchev–Trinajstić information content (AvgIpc) is 2.96. The van der Waals surface area contributed by atoms with E-state index in [2.05, 4.69) is 43.4 Å². The van der Waals surface area contributed by atoms with E-state index < -0.39 is 0 Å². The number of hydrogen-bond donors (Lipinski definition) is 2. The normalized spacial score (nSPS) is 21.8. The number of hydrogen-bond acceptors (Lipinski definition) is 4. The van der Waals surface area contributed by atoms with Crippen molar-refractivity contribution in [2.45, 2.75) is 62.0 Å². The van der Waals surface area contributed by atoms with E-state index in [-0.39, 0.29) is 36.6 Å². The van der Waals surface area contributed by atoms with Gasteiger partial charge in [0.15, 0.2) is 0 Å². The van der Waals surface area contributed by atoms with Gasteiger partial charge >= 0.3 is 0 Å². The molecular formula is C17H27ClN2O2S.